The van der Waals surface area contributed by atoms with Crippen LogP contribution >= 0.6 is 11.8 Å². The van der Waals surface area contributed by atoms with Gasteiger partial charge in [0.2, 0.25) is 5.91 Å². The number of hydrogen-bond acceptors (Lipinski definition) is 9. The van der Waals surface area contributed by atoms with Crippen molar-refractivity contribution in [2.24, 2.45) is 0 Å². The second-order valence-corrected chi connectivity index (χ2v) is 10.6. The maximum Gasteiger partial charge on any atom is 0.251 e. The molecule has 43 heavy (non-hydrogen) atoms. The largest absolute Gasteiger partial charge is 0.497 e. The molecule has 1 aliphatic rings. The zero-order chi connectivity index (χ0) is 30.3. The van der Waals surface area contributed by atoms with Crippen molar-refractivity contribution < 1.29 is 28.5 Å². The van der Waals surface area contributed by atoms with Crippen molar-refractivity contribution in [1.29, 1.82) is 0 Å². The highest BCUT2D eigenvalue weighted by Gasteiger charge is 2.25. The number of carbonyl (C=O) groups excluding carboxylic acids is 2. The molecule has 0 aliphatic carbocycles. The summed E-state index contributed by atoms with van der Waals surface area (Å²) in [5.41, 5.74) is 3.09. The highest BCUT2D eigenvalue weighted by Crippen LogP contribution is 2.33. The monoisotopic (exact) mass is 603 g/mol. The molecule has 12 heteroatoms. The van der Waals surface area contributed by atoms with Crippen LogP contribution in [-0.4, -0.2) is 67.3 Å². The summed E-state index contributed by atoms with van der Waals surface area (Å²) in [5.74, 6) is 2.34. The average molecular weight is 604 g/mol. The van der Waals surface area contributed by atoms with Gasteiger partial charge in [-0.1, -0.05) is 30.0 Å². The lowest BCUT2D eigenvalue weighted by molar-refractivity contribution is -0.116. The van der Waals surface area contributed by atoms with Gasteiger partial charge in [0, 0.05) is 29.9 Å². The Morgan fingerprint density at radius 1 is 0.860 bits per heavy atom. The first kappa shape index (κ1) is 29.8. The molecule has 2 amide bonds. The van der Waals surface area contributed by atoms with Crippen LogP contribution in [0, 0.1) is 0 Å². The molecule has 0 fully saturated rings. The van der Waals surface area contributed by atoms with Gasteiger partial charge >= 0.3 is 0 Å². The predicted octanol–water partition coefficient (Wildman–Crippen LogP) is 4.30. The number of fused-ring (bicyclic) bond motifs is 1. The quantitative estimate of drug-likeness (QED) is 0.251. The van der Waals surface area contributed by atoms with Crippen molar-refractivity contribution in [3.8, 4) is 28.7 Å². The number of aromatic nitrogens is 3. The van der Waals surface area contributed by atoms with Gasteiger partial charge in [0.25, 0.3) is 5.91 Å². The minimum atomic E-state index is -0.350. The molecule has 4 aromatic rings. The van der Waals surface area contributed by atoms with Crippen molar-refractivity contribution in [2.45, 2.75) is 24.5 Å². The van der Waals surface area contributed by atoms with Crippen LogP contribution in [0.3, 0.4) is 0 Å². The summed E-state index contributed by atoms with van der Waals surface area (Å²) in [6.45, 7) is 0.707. The molecule has 0 radical (unpaired) electrons. The Morgan fingerprint density at radius 3 is 2.33 bits per heavy atom. The first-order valence-electron chi connectivity index (χ1n) is 13.6. The first-order chi connectivity index (χ1) is 20.9. The van der Waals surface area contributed by atoms with Crippen molar-refractivity contribution in [1.82, 2.24) is 20.1 Å². The number of thioether (sulfide) groups is 1. The number of para-hydroxylation sites is 1. The van der Waals surface area contributed by atoms with Crippen LogP contribution in [-0.2, 0) is 17.8 Å². The molecule has 0 bridgehead atoms. The Kier molecular flexibility index (Phi) is 9.35. The van der Waals surface area contributed by atoms with Crippen LogP contribution < -0.4 is 29.2 Å². The molecule has 3 aromatic carbocycles. The SMILES string of the molecule is COc1cc(OC)cc(C(=O)NCc2nnc(SCC(=O)N3CCCc4ccccc43)n2-c2cc(OC)ccc2OC)c1. The molecule has 5 rings (SSSR count). The maximum absolute atomic E-state index is 13.4. The first-order valence-corrected chi connectivity index (χ1v) is 14.6. The minimum Gasteiger partial charge on any atom is -0.497 e. The molecule has 0 spiro atoms. The van der Waals surface area contributed by atoms with Crippen molar-refractivity contribution in [2.75, 3.05) is 45.6 Å². The van der Waals surface area contributed by atoms with Crippen molar-refractivity contribution >= 4 is 29.3 Å². The molecule has 1 aliphatic heterocycles. The van der Waals surface area contributed by atoms with Crippen LogP contribution in [0.5, 0.6) is 23.0 Å². The third-order valence-corrected chi connectivity index (χ3v) is 8.00. The number of benzene rings is 3. The van der Waals surface area contributed by atoms with Crippen LogP contribution in [0.15, 0.2) is 65.8 Å². The molecular weight excluding hydrogens is 570 g/mol. The lowest BCUT2D eigenvalue weighted by atomic mass is 10.0. The normalized spacial score (nSPS) is 12.3. The van der Waals surface area contributed by atoms with E-state index in [1.54, 1.807) is 55.2 Å². The van der Waals surface area contributed by atoms with Crippen LogP contribution in [0.1, 0.15) is 28.2 Å². The summed E-state index contributed by atoms with van der Waals surface area (Å²) in [6, 6.07) is 18.3. The zero-order valence-electron chi connectivity index (χ0n) is 24.5. The standard InChI is InChI=1S/C31H33N5O6S/c1-39-22-11-12-27(42-4)26(17-22)36-28(18-32-30(38)21-14-23(40-2)16-24(15-21)41-3)33-34-31(36)43-19-29(37)35-13-7-9-20-8-5-6-10-25(20)35/h5-6,8,10-12,14-17H,7,9,13,18-19H2,1-4H3,(H,32,38). The minimum absolute atomic E-state index is 0.0221. The Morgan fingerprint density at radius 2 is 1.60 bits per heavy atom. The summed E-state index contributed by atoms with van der Waals surface area (Å²) in [7, 11) is 6.19. The lowest BCUT2D eigenvalue weighted by Gasteiger charge is -2.29. The second kappa shape index (κ2) is 13.5. The molecule has 1 N–H and O–H groups in total. The third kappa shape index (κ3) is 6.54. The number of rotatable bonds is 11. The summed E-state index contributed by atoms with van der Waals surface area (Å²) in [5, 5.41) is 12.2. The van der Waals surface area contributed by atoms with E-state index in [4.69, 9.17) is 18.9 Å². The molecule has 0 saturated heterocycles. The van der Waals surface area contributed by atoms with E-state index in [0.717, 1.165) is 18.5 Å². The van der Waals surface area contributed by atoms with Gasteiger partial charge in [0.05, 0.1) is 46.4 Å². The van der Waals surface area contributed by atoms with Crippen LogP contribution in [0.25, 0.3) is 5.69 Å². The molecule has 0 unspecified atom stereocenters. The number of nitrogens with zero attached hydrogens (tertiary/aromatic N) is 4. The predicted molar refractivity (Wildman–Crippen MR) is 163 cm³/mol. The van der Waals surface area contributed by atoms with Gasteiger partial charge in [0.1, 0.15) is 23.0 Å². The van der Waals surface area contributed by atoms with Gasteiger partial charge in [-0.15, -0.1) is 10.2 Å². The number of nitrogens with one attached hydrogen (secondary N) is 1. The summed E-state index contributed by atoms with van der Waals surface area (Å²) < 4.78 is 23.5. The van der Waals surface area contributed by atoms with Gasteiger partial charge in [-0.05, 0) is 48.7 Å². The fourth-order valence-corrected chi connectivity index (χ4v) is 5.76. The van der Waals surface area contributed by atoms with E-state index in [9.17, 15) is 9.59 Å². The molecule has 224 valence electrons. The van der Waals surface area contributed by atoms with E-state index < -0.39 is 0 Å². The Hall–Kier alpha value is -4.71. The van der Waals surface area contributed by atoms with Crippen molar-refractivity contribution in [3.05, 3.63) is 77.6 Å². The van der Waals surface area contributed by atoms with E-state index in [0.29, 0.717) is 51.8 Å². The van der Waals surface area contributed by atoms with Gasteiger partial charge in [-0.2, -0.15) is 0 Å². The maximum atomic E-state index is 13.4. The topological polar surface area (TPSA) is 117 Å². The highest BCUT2D eigenvalue weighted by molar-refractivity contribution is 7.99. The van der Waals surface area contributed by atoms with E-state index in [-0.39, 0.29) is 24.1 Å². The summed E-state index contributed by atoms with van der Waals surface area (Å²) >= 11 is 1.27. The molecule has 0 saturated carbocycles. The number of aryl methyl sites for hydroxylation is 1. The molecule has 0 atom stereocenters. The van der Waals surface area contributed by atoms with Gasteiger partial charge in [-0.25, -0.2) is 0 Å². The Bertz CT molecular complexity index is 1600. The molecular formula is C31H33N5O6S. The number of anilines is 1. The van der Waals surface area contributed by atoms with E-state index in [1.165, 1.54) is 31.5 Å². The van der Waals surface area contributed by atoms with Crippen LogP contribution in [0.2, 0.25) is 0 Å². The summed E-state index contributed by atoms with van der Waals surface area (Å²) in [4.78, 5) is 28.4. The number of ether oxygens (including phenoxy) is 4. The molecule has 2 heterocycles. The number of amides is 2. The number of methoxy groups -OCH3 is 4. The zero-order valence-corrected chi connectivity index (χ0v) is 25.3. The summed E-state index contributed by atoms with van der Waals surface area (Å²) in [6.07, 6.45) is 1.86. The molecule has 11 nitrogen and oxygen atoms in total. The number of carbonyl (C=O) groups is 2. The van der Waals surface area contributed by atoms with Gasteiger partial charge in [0.15, 0.2) is 11.0 Å². The van der Waals surface area contributed by atoms with Crippen LogP contribution in [0.4, 0.5) is 5.69 Å². The Labute approximate surface area is 254 Å². The van der Waals surface area contributed by atoms with E-state index in [1.807, 2.05) is 23.1 Å². The number of hydrogen-bond donors (Lipinski definition) is 1. The van der Waals surface area contributed by atoms with Crippen molar-refractivity contribution in [3.63, 3.8) is 0 Å². The van der Waals surface area contributed by atoms with E-state index >= 15 is 0 Å². The average Bonchev–Trinajstić information content (AvgIpc) is 3.47. The fraction of sp³-hybridized carbons (Fsp3) is 0.290. The smallest absolute Gasteiger partial charge is 0.251 e. The lowest BCUT2D eigenvalue weighted by Crippen LogP contribution is -2.36. The third-order valence-electron chi connectivity index (χ3n) is 7.08. The van der Waals surface area contributed by atoms with Gasteiger partial charge < -0.3 is 29.2 Å². The highest BCUT2D eigenvalue weighted by atomic mass is 32.2. The Balaban J connectivity index is 1.42. The second-order valence-electron chi connectivity index (χ2n) is 9.62. The molecule has 1 aromatic heterocycles. The fourth-order valence-electron chi connectivity index (χ4n) is 4.92. The van der Waals surface area contributed by atoms with E-state index in [2.05, 4.69) is 21.6 Å². The van der Waals surface area contributed by atoms with Gasteiger partial charge in [-0.3, -0.25) is 14.2 Å².